The molecule has 1 saturated carbocycles. The zero-order valence-electron chi connectivity index (χ0n) is 13.7. The summed E-state index contributed by atoms with van der Waals surface area (Å²) in [6, 6.07) is 6.15. The molecule has 3 rings (SSSR count). The molecule has 1 aromatic rings. The molecule has 24 heavy (non-hydrogen) atoms. The molecular formula is C18H22ClNO4. The van der Waals surface area contributed by atoms with Crippen molar-refractivity contribution in [2.45, 2.75) is 50.8 Å². The summed E-state index contributed by atoms with van der Waals surface area (Å²) in [5.74, 6) is -0.622. The van der Waals surface area contributed by atoms with Gasteiger partial charge in [0.1, 0.15) is 5.72 Å². The monoisotopic (exact) mass is 351 g/mol. The van der Waals surface area contributed by atoms with E-state index in [1.807, 2.05) is 0 Å². The van der Waals surface area contributed by atoms with E-state index in [-0.39, 0.29) is 18.9 Å². The smallest absolute Gasteiger partial charge is 0.328 e. The molecule has 130 valence electrons. The molecule has 0 radical (unpaired) electrons. The van der Waals surface area contributed by atoms with Crippen LogP contribution in [0.2, 0.25) is 5.02 Å². The molecule has 1 spiro atoms. The average molecular weight is 352 g/mol. The van der Waals surface area contributed by atoms with Crippen molar-refractivity contribution in [1.82, 2.24) is 4.90 Å². The fraction of sp³-hybridized carbons (Fsp3) is 0.556. The van der Waals surface area contributed by atoms with Crippen molar-refractivity contribution >= 4 is 23.5 Å². The lowest BCUT2D eigenvalue weighted by atomic mass is 9.83. The SMILES string of the molecule is CC1CCC2(CC1)OC[C@@H](C(=O)O)N2C(=O)Cc1ccc(Cl)cc1. The number of carbonyl (C=O) groups is 2. The summed E-state index contributed by atoms with van der Waals surface area (Å²) < 4.78 is 5.90. The van der Waals surface area contributed by atoms with E-state index in [1.165, 1.54) is 4.90 Å². The van der Waals surface area contributed by atoms with Crippen molar-refractivity contribution in [3.8, 4) is 0 Å². The molecule has 2 fully saturated rings. The largest absolute Gasteiger partial charge is 0.480 e. The molecule has 1 aliphatic carbocycles. The number of hydrogen-bond acceptors (Lipinski definition) is 3. The molecule has 1 heterocycles. The molecule has 0 bridgehead atoms. The summed E-state index contributed by atoms with van der Waals surface area (Å²) in [6.45, 7) is 2.24. The third-order valence-corrected chi connectivity index (χ3v) is 5.39. The molecule has 5 nitrogen and oxygen atoms in total. The minimum Gasteiger partial charge on any atom is -0.480 e. The molecule has 1 saturated heterocycles. The number of carbonyl (C=O) groups excluding carboxylic acids is 1. The van der Waals surface area contributed by atoms with Gasteiger partial charge in [0, 0.05) is 5.02 Å². The minimum absolute atomic E-state index is 0.0655. The van der Waals surface area contributed by atoms with Crippen molar-refractivity contribution in [2.75, 3.05) is 6.61 Å². The molecule has 1 amide bonds. The second-order valence-electron chi connectivity index (χ2n) is 6.86. The minimum atomic E-state index is -1.00. The van der Waals surface area contributed by atoms with Crippen LogP contribution in [0, 0.1) is 5.92 Å². The first-order chi connectivity index (χ1) is 11.4. The van der Waals surface area contributed by atoms with Gasteiger partial charge >= 0.3 is 5.97 Å². The van der Waals surface area contributed by atoms with E-state index in [9.17, 15) is 14.7 Å². The summed E-state index contributed by atoms with van der Waals surface area (Å²) in [5.41, 5.74) is 0.0683. The zero-order chi connectivity index (χ0) is 17.3. The van der Waals surface area contributed by atoms with Gasteiger partial charge < -0.3 is 9.84 Å². The molecule has 2 aliphatic rings. The Morgan fingerprint density at radius 1 is 1.29 bits per heavy atom. The van der Waals surface area contributed by atoms with E-state index in [0.717, 1.165) is 18.4 Å². The second kappa shape index (κ2) is 6.73. The molecule has 1 N–H and O–H groups in total. The Morgan fingerprint density at radius 2 is 1.92 bits per heavy atom. The third kappa shape index (κ3) is 3.28. The van der Waals surface area contributed by atoms with Crippen LogP contribution in [-0.4, -0.2) is 40.3 Å². The number of hydrogen-bond donors (Lipinski definition) is 1. The molecule has 1 atom stereocenters. The van der Waals surface area contributed by atoms with Crippen LogP contribution >= 0.6 is 11.6 Å². The fourth-order valence-electron chi connectivity index (χ4n) is 3.71. The Hall–Kier alpha value is -1.59. The first-order valence-electron chi connectivity index (χ1n) is 8.35. The van der Waals surface area contributed by atoms with Crippen LogP contribution in [0.15, 0.2) is 24.3 Å². The second-order valence-corrected chi connectivity index (χ2v) is 7.30. The van der Waals surface area contributed by atoms with Crippen LogP contribution in [0.1, 0.15) is 38.2 Å². The number of nitrogens with zero attached hydrogens (tertiary/aromatic N) is 1. The van der Waals surface area contributed by atoms with Gasteiger partial charge in [0.25, 0.3) is 0 Å². The fourth-order valence-corrected chi connectivity index (χ4v) is 3.83. The number of ether oxygens (including phenoxy) is 1. The number of carboxylic acid groups (broad SMARTS) is 1. The Labute approximate surface area is 146 Å². The van der Waals surface area contributed by atoms with Gasteiger partial charge in [-0.2, -0.15) is 0 Å². The number of rotatable bonds is 3. The van der Waals surface area contributed by atoms with E-state index < -0.39 is 17.7 Å². The molecule has 0 aromatic heterocycles. The summed E-state index contributed by atoms with van der Waals surface area (Å²) in [4.78, 5) is 26.0. The molecule has 1 aliphatic heterocycles. The highest BCUT2D eigenvalue weighted by Crippen LogP contribution is 2.42. The van der Waals surface area contributed by atoms with Gasteiger partial charge in [-0.1, -0.05) is 30.7 Å². The Balaban J connectivity index is 1.83. The van der Waals surface area contributed by atoms with Crippen molar-refractivity contribution < 1.29 is 19.4 Å². The van der Waals surface area contributed by atoms with Crippen LogP contribution in [0.3, 0.4) is 0 Å². The first kappa shape index (κ1) is 17.2. The average Bonchev–Trinajstić information content (AvgIpc) is 2.92. The lowest BCUT2D eigenvalue weighted by Gasteiger charge is -2.42. The maximum Gasteiger partial charge on any atom is 0.328 e. The summed E-state index contributed by atoms with van der Waals surface area (Å²) >= 11 is 5.88. The van der Waals surface area contributed by atoms with E-state index in [4.69, 9.17) is 16.3 Å². The number of carboxylic acids is 1. The standard InChI is InChI=1S/C18H22ClNO4/c1-12-6-8-18(9-7-12)20(15(11-24-18)17(22)23)16(21)10-13-2-4-14(19)5-3-13/h2-5,12,15H,6-11H2,1H3,(H,22,23)/t12?,15-,18?/m0/s1. The highest BCUT2D eigenvalue weighted by Gasteiger charge is 2.53. The van der Waals surface area contributed by atoms with E-state index in [1.54, 1.807) is 24.3 Å². The maximum atomic E-state index is 12.9. The number of halogens is 1. The van der Waals surface area contributed by atoms with Gasteiger partial charge in [0.2, 0.25) is 5.91 Å². The van der Waals surface area contributed by atoms with E-state index in [2.05, 4.69) is 6.92 Å². The van der Waals surface area contributed by atoms with Gasteiger partial charge in [-0.15, -0.1) is 0 Å². The number of amides is 1. The number of benzene rings is 1. The first-order valence-corrected chi connectivity index (χ1v) is 8.72. The quantitative estimate of drug-likeness (QED) is 0.908. The van der Waals surface area contributed by atoms with Crippen LogP contribution < -0.4 is 0 Å². The van der Waals surface area contributed by atoms with Crippen molar-refractivity contribution in [3.05, 3.63) is 34.9 Å². The van der Waals surface area contributed by atoms with E-state index in [0.29, 0.717) is 23.8 Å². The molecule has 6 heteroatoms. The Kier molecular flexibility index (Phi) is 4.83. The van der Waals surface area contributed by atoms with Crippen LogP contribution in [-0.2, 0) is 20.7 Å². The van der Waals surface area contributed by atoms with Gasteiger partial charge in [-0.3, -0.25) is 9.69 Å². The van der Waals surface area contributed by atoms with Crippen LogP contribution in [0.4, 0.5) is 0 Å². The van der Waals surface area contributed by atoms with Gasteiger partial charge in [0.15, 0.2) is 6.04 Å². The van der Waals surface area contributed by atoms with Crippen molar-refractivity contribution in [3.63, 3.8) is 0 Å². The van der Waals surface area contributed by atoms with Crippen molar-refractivity contribution in [1.29, 1.82) is 0 Å². The molecule has 1 aromatic carbocycles. The summed E-state index contributed by atoms with van der Waals surface area (Å²) in [5, 5.41) is 10.1. The lowest BCUT2D eigenvalue weighted by molar-refractivity contribution is -0.164. The highest BCUT2D eigenvalue weighted by atomic mass is 35.5. The Bertz CT molecular complexity index is 622. The summed E-state index contributed by atoms with van der Waals surface area (Å²) in [7, 11) is 0. The summed E-state index contributed by atoms with van der Waals surface area (Å²) in [6.07, 6.45) is 3.43. The number of aliphatic carboxylic acids is 1. The molecular weight excluding hydrogens is 330 g/mol. The zero-order valence-corrected chi connectivity index (χ0v) is 14.5. The normalized spacial score (nSPS) is 29.8. The van der Waals surface area contributed by atoms with E-state index >= 15 is 0 Å². The van der Waals surface area contributed by atoms with Crippen LogP contribution in [0.25, 0.3) is 0 Å². The van der Waals surface area contributed by atoms with Gasteiger partial charge in [0.05, 0.1) is 13.0 Å². The molecule has 0 unspecified atom stereocenters. The predicted octanol–water partition coefficient (Wildman–Crippen LogP) is 3.10. The van der Waals surface area contributed by atoms with Gasteiger partial charge in [-0.25, -0.2) is 4.79 Å². The maximum absolute atomic E-state index is 12.9. The topological polar surface area (TPSA) is 66.8 Å². The lowest BCUT2D eigenvalue weighted by Crippen LogP contribution is -2.55. The third-order valence-electron chi connectivity index (χ3n) is 5.14. The van der Waals surface area contributed by atoms with Crippen molar-refractivity contribution in [2.24, 2.45) is 5.92 Å². The Morgan fingerprint density at radius 3 is 2.50 bits per heavy atom. The van der Waals surface area contributed by atoms with Gasteiger partial charge in [-0.05, 0) is 49.3 Å². The highest BCUT2D eigenvalue weighted by molar-refractivity contribution is 6.30. The predicted molar refractivity (Wildman–Crippen MR) is 89.7 cm³/mol. The van der Waals surface area contributed by atoms with Crippen LogP contribution in [0.5, 0.6) is 0 Å².